The summed E-state index contributed by atoms with van der Waals surface area (Å²) in [5, 5.41) is -0.0136. The molecule has 0 aliphatic rings. The molecule has 120 valence electrons. The Balaban J connectivity index is 2.75. The second-order valence-corrected chi connectivity index (χ2v) is 6.69. The third kappa shape index (κ3) is 6.06. The van der Waals surface area contributed by atoms with Gasteiger partial charge < -0.3 is 4.74 Å². The number of carbonyl (C=O) groups excluding carboxylic acids is 2. The molecule has 0 aliphatic carbocycles. The first-order valence-electron chi connectivity index (χ1n) is 7.62. The predicted molar refractivity (Wildman–Crippen MR) is 91.6 cm³/mol. The van der Waals surface area contributed by atoms with Gasteiger partial charge in [-0.25, -0.2) is 0 Å². The summed E-state index contributed by atoms with van der Waals surface area (Å²) in [6, 6.07) is 9.53. The largest absolute Gasteiger partial charge is 0.460 e. The lowest BCUT2D eigenvalue weighted by Gasteiger charge is -2.22. The fourth-order valence-corrected chi connectivity index (χ4v) is 2.72. The summed E-state index contributed by atoms with van der Waals surface area (Å²) in [6.45, 7) is 5.82. The number of ether oxygens (including phenoxy) is 1. The van der Waals surface area contributed by atoms with E-state index >= 15 is 0 Å². The van der Waals surface area contributed by atoms with Crippen LogP contribution in [0.15, 0.2) is 42.5 Å². The Morgan fingerprint density at radius 1 is 1.23 bits per heavy atom. The van der Waals surface area contributed by atoms with Crippen molar-refractivity contribution in [1.82, 2.24) is 0 Å². The smallest absolute Gasteiger partial charge is 0.326 e. The highest BCUT2D eigenvalue weighted by atomic mass is 32.2. The molecule has 3 nitrogen and oxygen atoms in total. The summed E-state index contributed by atoms with van der Waals surface area (Å²) in [7, 11) is 0. The number of allylic oxidation sites excluding steroid dienone is 1. The molecule has 0 heterocycles. The number of esters is 1. The van der Waals surface area contributed by atoms with E-state index in [-0.39, 0.29) is 17.7 Å². The highest BCUT2D eigenvalue weighted by Gasteiger charge is 2.35. The van der Waals surface area contributed by atoms with Crippen LogP contribution in [0.25, 0.3) is 0 Å². The number of hydrogen-bond donors (Lipinski definition) is 0. The van der Waals surface area contributed by atoms with E-state index in [1.54, 1.807) is 19.9 Å². The van der Waals surface area contributed by atoms with Crippen LogP contribution >= 0.6 is 11.8 Å². The van der Waals surface area contributed by atoms with Gasteiger partial charge in [-0.2, -0.15) is 0 Å². The Morgan fingerprint density at radius 3 is 2.50 bits per heavy atom. The average Bonchev–Trinajstić information content (AvgIpc) is 2.53. The van der Waals surface area contributed by atoms with Gasteiger partial charge in [0, 0.05) is 6.42 Å². The second kappa shape index (κ2) is 9.46. The first-order valence-corrected chi connectivity index (χ1v) is 8.44. The van der Waals surface area contributed by atoms with Gasteiger partial charge in [-0.1, -0.05) is 74.5 Å². The van der Waals surface area contributed by atoms with Crippen molar-refractivity contribution in [3.63, 3.8) is 0 Å². The van der Waals surface area contributed by atoms with Crippen molar-refractivity contribution in [2.75, 3.05) is 0 Å². The molecule has 0 aromatic heterocycles. The monoisotopic (exact) mass is 320 g/mol. The Labute approximate surface area is 137 Å². The van der Waals surface area contributed by atoms with E-state index in [0.29, 0.717) is 6.42 Å². The molecule has 0 fully saturated rings. The topological polar surface area (TPSA) is 43.4 Å². The van der Waals surface area contributed by atoms with Crippen LogP contribution in [0.5, 0.6) is 0 Å². The summed E-state index contributed by atoms with van der Waals surface area (Å²) in [5.74, 6) is -0.379. The quantitative estimate of drug-likeness (QED) is 0.522. The van der Waals surface area contributed by atoms with E-state index in [2.05, 4.69) is 6.92 Å². The minimum atomic E-state index is -0.961. The minimum Gasteiger partial charge on any atom is -0.460 e. The van der Waals surface area contributed by atoms with Crippen LogP contribution in [0.1, 0.15) is 45.6 Å². The molecule has 1 atom stereocenters. The molecule has 0 bridgehead atoms. The van der Waals surface area contributed by atoms with Gasteiger partial charge in [0.2, 0.25) is 0 Å². The maximum atomic E-state index is 12.4. The average molecular weight is 320 g/mol. The van der Waals surface area contributed by atoms with Crippen molar-refractivity contribution in [3.8, 4) is 0 Å². The van der Waals surface area contributed by atoms with Crippen LogP contribution in [0.4, 0.5) is 0 Å². The number of unbranched alkanes of at least 4 members (excludes halogenated alkanes) is 1. The molecular weight excluding hydrogens is 296 g/mol. The third-order valence-corrected chi connectivity index (χ3v) is 4.37. The molecule has 0 radical (unpaired) electrons. The van der Waals surface area contributed by atoms with E-state index in [0.717, 1.165) is 30.2 Å². The fourth-order valence-electron chi connectivity index (χ4n) is 1.79. The summed E-state index contributed by atoms with van der Waals surface area (Å²) in [5.41, 5.74) is 0.933. The van der Waals surface area contributed by atoms with E-state index in [1.807, 2.05) is 36.4 Å². The number of rotatable bonds is 8. The number of carbonyl (C=O) groups is 2. The molecule has 0 saturated carbocycles. The second-order valence-electron chi connectivity index (χ2n) is 5.19. The van der Waals surface area contributed by atoms with Gasteiger partial charge in [-0.15, -0.1) is 0 Å². The lowest BCUT2D eigenvalue weighted by Crippen LogP contribution is -2.32. The Kier molecular flexibility index (Phi) is 7.96. The van der Waals surface area contributed by atoms with Crippen LogP contribution in [0, 0.1) is 0 Å². The van der Waals surface area contributed by atoms with Crippen LogP contribution in [-0.4, -0.2) is 15.8 Å². The summed E-state index contributed by atoms with van der Waals surface area (Å²) in [4.78, 5) is 24.2. The molecule has 1 rings (SSSR count). The van der Waals surface area contributed by atoms with Gasteiger partial charge >= 0.3 is 5.97 Å². The van der Waals surface area contributed by atoms with Crippen LogP contribution < -0.4 is 0 Å². The van der Waals surface area contributed by atoms with Gasteiger partial charge in [-0.3, -0.25) is 9.59 Å². The molecule has 0 saturated heterocycles. The van der Waals surface area contributed by atoms with Crippen molar-refractivity contribution in [1.29, 1.82) is 0 Å². The fraction of sp³-hybridized carbons (Fsp3) is 0.444. The minimum absolute atomic E-state index is 0.0136. The summed E-state index contributed by atoms with van der Waals surface area (Å²) >= 11 is 1.04. The van der Waals surface area contributed by atoms with Crippen molar-refractivity contribution >= 4 is 22.8 Å². The van der Waals surface area contributed by atoms with E-state index in [1.165, 1.54) is 0 Å². The van der Waals surface area contributed by atoms with Gasteiger partial charge in [-0.05, 0) is 18.9 Å². The first kappa shape index (κ1) is 18.5. The lowest BCUT2D eigenvalue weighted by molar-refractivity contribution is -0.146. The molecule has 0 N–H and O–H groups in total. The Morgan fingerprint density at radius 2 is 1.91 bits per heavy atom. The number of hydrogen-bond acceptors (Lipinski definition) is 4. The van der Waals surface area contributed by atoms with Crippen molar-refractivity contribution in [3.05, 3.63) is 48.0 Å². The molecule has 4 heteroatoms. The van der Waals surface area contributed by atoms with Crippen molar-refractivity contribution in [2.24, 2.45) is 0 Å². The molecular formula is C18H24O3S. The third-order valence-electron chi connectivity index (χ3n) is 3.12. The normalized spacial score (nSPS) is 13.8. The molecule has 0 spiro atoms. The van der Waals surface area contributed by atoms with Crippen molar-refractivity contribution in [2.45, 2.75) is 51.4 Å². The highest BCUT2D eigenvalue weighted by Crippen LogP contribution is 2.30. The van der Waals surface area contributed by atoms with Crippen LogP contribution in [0.3, 0.4) is 0 Å². The van der Waals surface area contributed by atoms with Crippen molar-refractivity contribution < 1.29 is 14.3 Å². The van der Waals surface area contributed by atoms with E-state index in [9.17, 15) is 9.59 Å². The maximum absolute atomic E-state index is 12.4. The van der Waals surface area contributed by atoms with Gasteiger partial charge in [0.25, 0.3) is 0 Å². The molecule has 22 heavy (non-hydrogen) atoms. The lowest BCUT2D eigenvalue weighted by atomic mass is 10.1. The summed E-state index contributed by atoms with van der Waals surface area (Å²) in [6.07, 6.45) is 6.01. The predicted octanol–water partition coefficient (Wildman–Crippen LogP) is 4.51. The first-order chi connectivity index (χ1) is 10.5. The van der Waals surface area contributed by atoms with E-state index in [4.69, 9.17) is 4.74 Å². The number of benzene rings is 1. The molecule has 0 aliphatic heterocycles. The van der Waals surface area contributed by atoms with Gasteiger partial charge in [0.15, 0.2) is 5.12 Å². The van der Waals surface area contributed by atoms with Gasteiger partial charge in [0.1, 0.15) is 11.4 Å². The highest BCUT2D eigenvalue weighted by molar-refractivity contribution is 8.15. The molecule has 1 aromatic carbocycles. The van der Waals surface area contributed by atoms with Crippen LogP contribution in [-0.2, 0) is 20.9 Å². The SMILES string of the molecule is CCCC=C[C@](C)(SC(=O)CC)C(=O)OCc1ccccc1. The Bertz CT molecular complexity index is 510. The summed E-state index contributed by atoms with van der Waals surface area (Å²) < 4.78 is 4.44. The standard InChI is InChI=1S/C18H24O3S/c1-4-6-10-13-18(3,22-16(19)5-2)17(20)21-14-15-11-8-7-9-12-15/h7-13H,4-6,14H2,1-3H3/t18-/m0/s1. The zero-order valence-corrected chi connectivity index (χ0v) is 14.3. The molecule has 1 aromatic rings. The van der Waals surface area contributed by atoms with E-state index < -0.39 is 4.75 Å². The van der Waals surface area contributed by atoms with Gasteiger partial charge in [0.05, 0.1) is 0 Å². The zero-order valence-electron chi connectivity index (χ0n) is 13.5. The molecule has 0 unspecified atom stereocenters. The maximum Gasteiger partial charge on any atom is 0.326 e. The number of thioether (sulfide) groups is 1. The van der Waals surface area contributed by atoms with Crippen LogP contribution in [0.2, 0.25) is 0 Å². The Hall–Kier alpha value is -1.55. The molecule has 0 amide bonds. The zero-order chi connectivity index (χ0) is 16.4.